The largest absolute Gasteiger partial charge is 0.756 e. The van der Waals surface area contributed by atoms with Crippen LogP contribution in [-0.2, 0) is 18.4 Å². The van der Waals surface area contributed by atoms with Crippen LogP contribution in [0.5, 0.6) is 0 Å². The minimum absolute atomic E-state index is 0.0125. The van der Waals surface area contributed by atoms with E-state index in [9.17, 15) is 19.4 Å². The van der Waals surface area contributed by atoms with Crippen molar-refractivity contribution in [2.75, 3.05) is 40.9 Å². The molecular formula is C49H99N2O6P. The molecule has 0 aliphatic carbocycles. The van der Waals surface area contributed by atoms with Gasteiger partial charge in [0.1, 0.15) is 13.2 Å². The summed E-state index contributed by atoms with van der Waals surface area (Å²) in [5.41, 5.74) is 0. The quantitative estimate of drug-likeness (QED) is 0.0273. The number of allylic oxidation sites excluding steroid dienone is 2. The lowest BCUT2D eigenvalue weighted by atomic mass is 10.0. The number of nitrogens with zero attached hydrogens (tertiary/aromatic N) is 1. The van der Waals surface area contributed by atoms with Gasteiger partial charge in [0.25, 0.3) is 7.82 Å². The molecule has 0 aliphatic heterocycles. The molecule has 0 bridgehead atoms. The maximum absolute atomic E-state index is 12.8. The van der Waals surface area contributed by atoms with E-state index >= 15 is 0 Å². The summed E-state index contributed by atoms with van der Waals surface area (Å²) in [7, 11) is 1.31. The van der Waals surface area contributed by atoms with Gasteiger partial charge in [0.2, 0.25) is 5.91 Å². The van der Waals surface area contributed by atoms with Crippen molar-refractivity contribution in [2.45, 2.75) is 257 Å². The van der Waals surface area contributed by atoms with Crippen LogP contribution in [0.15, 0.2) is 12.2 Å². The van der Waals surface area contributed by atoms with Crippen LogP contribution in [0.2, 0.25) is 0 Å². The lowest BCUT2D eigenvalue weighted by Crippen LogP contribution is -2.46. The zero-order chi connectivity index (χ0) is 42.8. The van der Waals surface area contributed by atoms with Crippen LogP contribution in [-0.4, -0.2) is 68.5 Å². The highest BCUT2D eigenvalue weighted by atomic mass is 31.2. The number of carbonyl (C=O) groups is 1. The van der Waals surface area contributed by atoms with Gasteiger partial charge < -0.3 is 28.8 Å². The number of rotatable bonds is 46. The first kappa shape index (κ1) is 57.2. The van der Waals surface area contributed by atoms with Crippen LogP contribution in [0.1, 0.15) is 245 Å². The molecule has 3 atom stereocenters. The Morgan fingerprint density at radius 1 is 0.586 bits per heavy atom. The fraction of sp³-hybridized carbons (Fsp3) is 0.939. The van der Waals surface area contributed by atoms with Gasteiger partial charge in [-0.3, -0.25) is 9.36 Å². The number of aliphatic hydroxyl groups is 1. The van der Waals surface area contributed by atoms with Crippen LogP contribution < -0.4 is 10.2 Å². The zero-order valence-corrected chi connectivity index (χ0v) is 40.2. The summed E-state index contributed by atoms with van der Waals surface area (Å²) in [6.07, 6.45) is 48.1. The number of hydrogen-bond donors (Lipinski definition) is 2. The average molecular weight is 843 g/mol. The molecule has 0 fully saturated rings. The van der Waals surface area contributed by atoms with Crippen LogP contribution in [0.3, 0.4) is 0 Å². The van der Waals surface area contributed by atoms with Gasteiger partial charge in [-0.2, -0.15) is 0 Å². The number of likely N-dealkylation sites (N-methyl/N-ethyl adjacent to an activating group) is 1. The fourth-order valence-corrected chi connectivity index (χ4v) is 8.22. The number of hydrogen-bond acceptors (Lipinski definition) is 6. The SMILES string of the molecule is CCCC/C=C\CCCCCCCC(=O)NC(COP(=O)([O-])OCC[N+](C)(C)C)C(O)CCCCCCCCCCCCCCCCCCCCCCCCCCC. The van der Waals surface area contributed by atoms with Crippen LogP contribution in [0.25, 0.3) is 0 Å². The molecule has 0 radical (unpaired) electrons. The topological polar surface area (TPSA) is 108 Å². The average Bonchev–Trinajstić information content (AvgIpc) is 3.17. The van der Waals surface area contributed by atoms with Crippen molar-refractivity contribution in [2.24, 2.45) is 0 Å². The Morgan fingerprint density at radius 3 is 1.40 bits per heavy atom. The number of quaternary nitrogens is 1. The van der Waals surface area contributed by atoms with Crippen molar-refractivity contribution >= 4 is 13.7 Å². The Hall–Kier alpha value is -0.760. The molecule has 0 spiro atoms. The number of phosphoric ester groups is 1. The van der Waals surface area contributed by atoms with Crippen molar-refractivity contribution in [3.05, 3.63) is 12.2 Å². The van der Waals surface area contributed by atoms with Crippen molar-refractivity contribution < 1.29 is 32.9 Å². The highest BCUT2D eigenvalue weighted by molar-refractivity contribution is 7.45. The van der Waals surface area contributed by atoms with Crippen molar-refractivity contribution in [1.29, 1.82) is 0 Å². The van der Waals surface area contributed by atoms with Gasteiger partial charge in [0.15, 0.2) is 0 Å². The standard InChI is InChI=1S/C49H99N2O6P/c1-6-8-10-12-14-16-18-19-20-21-22-23-24-25-26-27-28-29-30-31-33-34-36-38-40-42-48(52)47(46-57-58(54,55)56-45-44-51(3,4)5)50-49(53)43-41-39-37-35-32-17-15-13-11-9-7-2/h13,15,47-48,52H,6-12,14,16-46H2,1-5H3,(H-,50,53,54,55)/b15-13-. The number of carbonyl (C=O) groups excluding carboxylic acids is 1. The Kier molecular flexibility index (Phi) is 41.0. The van der Waals surface area contributed by atoms with E-state index < -0.39 is 20.0 Å². The predicted molar refractivity (Wildman–Crippen MR) is 247 cm³/mol. The van der Waals surface area contributed by atoms with E-state index in [1.54, 1.807) is 0 Å². The van der Waals surface area contributed by atoms with Gasteiger partial charge in [-0.1, -0.05) is 219 Å². The smallest absolute Gasteiger partial charge is 0.268 e. The Balaban J connectivity index is 4.12. The third-order valence-electron chi connectivity index (χ3n) is 11.5. The summed E-state index contributed by atoms with van der Waals surface area (Å²) >= 11 is 0. The van der Waals surface area contributed by atoms with E-state index in [0.717, 1.165) is 51.4 Å². The Morgan fingerprint density at radius 2 is 0.966 bits per heavy atom. The van der Waals surface area contributed by atoms with Gasteiger partial charge >= 0.3 is 0 Å². The van der Waals surface area contributed by atoms with Crippen molar-refractivity contribution in [1.82, 2.24) is 5.32 Å². The van der Waals surface area contributed by atoms with Crippen molar-refractivity contribution in [3.63, 3.8) is 0 Å². The molecule has 8 nitrogen and oxygen atoms in total. The molecule has 0 aromatic carbocycles. The minimum atomic E-state index is -4.56. The van der Waals surface area contributed by atoms with Gasteiger partial charge in [0.05, 0.1) is 39.9 Å². The number of aliphatic hydroxyl groups excluding tert-OH is 1. The van der Waals surface area contributed by atoms with Crippen LogP contribution >= 0.6 is 7.82 Å². The highest BCUT2D eigenvalue weighted by Crippen LogP contribution is 2.38. The van der Waals surface area contributed by atoms with E-state index in [1.165, 1.54) is 167 Å². The van der Waals surface area contributed by atoms with Crippen LogP contribution in [0.4, 0.5) is 0 Å². The minimum Gasteiger partial charge on any atom is -0.756 e. The van der Waals surface area contributed by atoms with E-state index in [1.807, 2.05) is 21.1 Å². The molecule has 0 aliphatic rings. The number of unbranched alkanes of at least 4 members (excludes halogenated alkanes) is 31. The molecule has 3 unspecified atom stereocenters. The molecular weight excluding hydrogens is 744 g/mol. The van der Waals surface area contributed by atoms with E-state index in [-0.39, 0.29) is 19.1 Å². The van der Waals surface area contributed by atoms with Gasteiger partial charge in [-0.15, -0.1) is 0 Å². The first-order valence-corrected chi connectivity index (χ1v) is 26.5. The normalized spacial score (nSPS) is 14.3. The molecule has 0 saturated carbocycles. The Bertz CT molecular complexity index is 958. The summed E-state index contributed by atoms with van der Waals surface area (Å²) < 4.78 is 23.3. The summed E-state index contributed by atoms with van der Waals surface area (Å²) in [4.78, 5) is 25.3. The van der Waals surface area contributed by atoms with Crippen LogP contribution in [0, 0.1) is 0 Å². The third kappa shape index (κ3) is 43.3. The molecule has 0 aromatic heterocycles. The van der Waals surface area contributed by atoms with Gasteiger partial charge in [0, 0.05) is 6.42 Å². The number of amides is 1. The summed E-state index contributed by atoms with van der Waals surface area (Å²) in [5.74, 6) is -0.173. The first-order chi connectivity index (χ1) is 28.0. The summed E-state index contributed by atoms with van der Waals surface area (Å²) in [5, 5.41) is 13.9. The van der Waals surface area contributed by atoms with Crippen molar-refractivity contribution in [3.8, 4) is 0 Å². The molecule has 346 valence electrons. The Labute approximate surface area is 361 Å². The number of nitrogens with one attached hydrogen (secondary N) is 1. The second-order valence-electron chi connectivity index (χ2n) is 18.5. The van der Waals surface area contributed by atoms with Gasteiger partial charge in [-0.25, -0.2) is 0 Å². The molecule has 0 heterocycles. The molecule has 0 rings (SSSR count). The molecule has 2 N–H and O–H groups in total. The van der Waals surface area contributed by atoms with E-state index in [4.69, 9.17) is 9.05 Å². The van der Waals surface area contributed by atoms with E-state index in [0.29, 0.717) is 23.9 Å². The third-order valence-corrected chi connectivity index (χ3v) is 12.5. The number of phosphoric acid groups is 1. The zero-order valence-electron chi connectivity index (χ0n) is 39.3. The molecule has 9 heteroatoms. The summed E-state index contributed by atoms with van der Waals surface area (Å²) in [6.45, 7) is 4.69. The second-order valence-corrected chi connectivity index (χ2v) is 19.9. The fourth-order valence-electron chi connectivity index (χ4n) is 7.49. The highest BCUT2D eigenvalue weighted by Gasteiger charge is 2.24. The lowest BCUT2D eigenvalue weighted by molar-refractivity contribution is -0.870. The summed E-state index contributed by atoms with van der Waals surface area (Å²) in [6, 6.07) is -0.800. The predicted octanol–water partition coefficient (Wildman–Crippen LogP) is 13.7. The molecule has 1 amide bonds. The van der Waals surface area contributed by atoms with E-state index in [2.05, 4.69) is 31.3 Å². The molecule has 0 saturated heterocycles. The molecule has 0 aromatic rings. The molecule has 58 heavy (non-hydrogen) atoms. The first-order valence-electron chi connectivity index (χ1n) is 25.0. The maximum Gasteiger partial charge on any atom is 0.268 e. The monoisotopic (exact) mass is 843 g/mol. The van der Waals surface area contributed by atoms with Gasteiger partial charge in [-0.05, 0) is 32.1 Å². The lowest BCUT2D eigenvalue weighted by Gasteiger charge is -2.30. The second kappa shape index (κ2) is 41.6. The maximum atomic E-state index is 12.8.